The number of amidine groups is 3. The molecule has 12 aliphatic heterocycles. The number of nitrogens with zero attached hydrogens (tertiary/aromatic N) is 19. The van der Waals surface area contributed by atoms with E-state index in [-0.39, 0.29) is 154 Å². The van der Waals surface area contributed by atoms with Crippen molar-refractivity contribution >= 4 is 17.5 Å². The highest BCUT2D eigenvalue weighted by molar-refractivity contribution is 5.95. The van der Waals surface area contributed by atoms with E-state index in [0.29, 0.717) is 26.2 Å². The summed E-state index contributed by atoms with van der Waals surface area (Å²) in [7, 11) is 20.9. The van der Waals surface area contributed by atoms with Gasteiger partial charge in [-0.05, 0) is 434 Å². The zero-order valence-corrected chi connectivity index (χ0v) is 91.7. The minimum absolute atomic E-state index is 0.0911. The second-order valence-electron chi connectivity index (χ2n) is 54.7. The zero-order valence-electron chi connectivity index (χ0n) is 91.7. The largest absolute Gasteiger partial charge is 0.367 e. The molecule has 9 fully saturated rings. The van der Waals surface area contributed by atoms with E-state index in [0.717, 1.165) is 151 Å². The lowest BCUT2D eigenvalue weighted by Gasteiger charge is -2.61. The van der Waals surface area contributed by atoms with Gasteiger partial charge in [0, 0.05) is 174 Å². The minimum atomic E-state index is -0.161. The maximum atomic E-state index is 7.62. The average molecular weight is 1820 g/mol. The Labute approximate surface area is 793 Å². The molecule has 0 bridgehead atoms. The van der Waals surface area contributed by atoms with Crippen LogP contribution in [-0.4, -0.2) is 341 Å². The Morgan fingerprint density at radius 1 is 0.292 bits per heavy atom. The molecule has 0 atom stereocenters. The number of rotatable bonds is 21. The van der Waals surface area contributed by atoms with Gasteiger partial charge >= 0.3 is 0 Å². The van der Waals surface area contributed by atoms with Gasteiger partial charge in [0.05, 0.1) is 24.9 Å². The van der Waals surface area contributed by atoms with Gasteiger partial charge in [0.1, 0.15) is 23.3 Å². The van der Waals surface area contributed by atoms with Crippen molar-refractivity contribution in [2.45, 2.75) is 519 Å². The molecular formula is C103H196N24O3. The standard InChI is InChI=1S/C103H196N24O3/c1-86(2)53-71(54-87(3,4)112(86)37)122(72-55-88(5,6)113(38)89(7,8)56-72)83-50-80(106-125(109-83)128-77-65-98(25,26)118(43)99(27,28)66-77)104-46-48-121(82-52-85(111-127(108-82)130-79-69-102(33,34)120(45)103(35,36)70-79)124(75-61-94(17,18)116(41)95(19,20)62-75)76-63-96(21,22)117(42)97(23,24)64-76)49-47-105-81-51-84(110-126(107-81)129-78-67-100(29,30)119(44)101(31,32)68-78)123(73-57-90(9,10)114(39)91(11,12)58-73)74-59-92(13,14)115(40)93(15,16)60-74/h50-52,71-79,109-111H,46-49,53-70H2,1-45H3,(H,104,106)(H,105,107). The molecule has 0 saturated carbocycles. The molecule has 5 N–H and O–H groups in total. The molecule has 0 aliphatic carbocycles. The molecule has 12 heterocycles. The maximum Gasteiger partial charge on any atom is 0.157 e. The minimum Gasteiger partial charge on any atom is -0.367 e. The molecule has 746 valence electrons. The third-order valence-electron chi connectivity index (χ3n) is 37.2. The van der Waals surface area contributed by atoms with Crippen LogP contribution >= 0.6 is 0 Å². The molecule has 0 aromatic rings. The molecule has 0 aromatic heterocycles. The van der Waals surface area contributed by atoms with E-state index >= 15 is 0 Å². The molecule has 0 aromatic carbocycles. The number of aliphatic imine (C=N–C) groups is 1. The molecule has 27 heteroatoms. The van der Waals surface area contributed by atoms with Gasteiger partial charge in [0.25, 0.3) is 0 Å². The summed E-state index contributed by atoms with van der Waals surface area (Å²) in [6.07, 6.45) is 23.4. The predicted molar refractivity (Wildman–Crippen MR) is 538 cm³/mol. The lowest BCUT2D eigenvalue weighted by molar-refractivity contribution is -0.272. The molecule has 9 saturated heterocycles. The van der Waals surface area contributed by atoms with E-state index in [2.05, 4.69) is 422 Å². The summed E-state index contributed by atoms with van der Waals surface area (Å²) in [5.74, 6) is 5.31. The van der Waals surface area contributed by atoms with Crippen molar-refractivity contribution in [2.75, 3.05) is 89.6 Å². The molecule has 130 heavy (non-hydrogen) atoms. The number of hydrazine groups is 4. The van der Waals surface area contributed by atoms with Gasteiger partial charge in [-0.2, -0.15) is 0 Å². The first-order valence-electron chi connectivity index (χ1n) is 50.7. The lowest BCUT2D eigenvalue weighted by atomic mass is 9.73. The number of hydrazone groups is 2. The second kappa shape index (κ2) is 35.1. The van der Waals surface area contributed by atoms with Gasteiger partial charge in [0.15, 0.2) is 11.7 Å². The second-order valence-corrected chi connectivity index (χ2v) is 54.7. The molecule has 12 rings (SSSR count). The first-order valence-corrected chi connectivity index (χ1v) is 50.7. The van der Waals surface area contributed by atoms with Crippen molar-refractivity contribution < 1.29 is 14.5 Å². The van der Waals surface area contributed by atoms with Gasteiger partial charge in [-0.3, -0.25) is 64.8 Å². The fourth-order valence-corrected chi connectivity index (χ4v) is 27.7. The SMILES string of the molecule is CN1C(C)(C)CC(ON2N=C(NCCN(CCN=C3C=C(N(C4CC(C)(C)N(C)C(C)(C)C4)C4CC(C)(C)N(C)C(C)(C)C4)NN(OC4CC(C)(C)N(C)C(C)(C)C4)N3)C3=NN(OC4CC(C)(C)N(C)C(C)(C)C4)NC(N(C4CC(C)(C)N(C)C(C)(C)C4)C4CC(C)(C)N(C)C(C)(C)C4)=C3)C=C(N(C3CC(C)(C)N(C)C(C)(C)C3)C3CC(C)(C)N(C)C(C)(C)C3)N2)CC1(C)C. The highest BCUT2D eigenvalue weighted by Gasteiger charge is 2.58. The highest BCUT2D eigenvalue weighted by atomic mass is 16.8. The Hall–Kier alpha value is -4.49. The van der Waals surface area contributed by atoms with E-state index in [1.54, 1.807) is 10.6 Å². The molecule has 12 aliphatic rings. The van der Waals surface area contributed by atoms with E-state index < -0.39 is 0 Å². The summed E-state index contributed by atoms with van der Waals surface area (Å²) in [5.41, 5.74) is 13.8. The summed E-state index contributed by atoms with van der Waals surface area (Å²) in [5, 5.41) is 20.9. The van der Waals surface area contributed by atoms with E-state index in [9.17, 15) is 0 Å². The number of likely N-dealkylation sites (tertiary alicyclic amines) is 9. The summed E-state index contributed by atoms with van der Waals surface area (Å²) in [6.45, 7) is 89.2. The van der Waals surface area contributed by atoms with Crippen LogP contribution in [0, 0.1) is 0 Å². The highest BCUT2D eigenvalue weighted by Crippen LogP contribution is 2.52. The predicted octanol–water partition coefficient (Wildman–Crippen LogP) is 16.0. The van der Waals surface area contributed by atoms with Gasteiger partial charge in [-0.1, -0.05) is 10.6 Å². The van der Waals surface area contributed by atoms with Crippen LogP contribution in [0.4, 0.5) is 0 Å². The van der Waals surface area contributed by atoms with Crippen LogP contribution in [0.5, 0.6) is 0 Å². The van der Waals surface area contributed by atoms with Crippen molar-refractivity contribution in [3.8, 4) is 0 Å². The van der Waals surface area contributed by atoms with Crippen LogP contribution in [0.15, 0.2) is 50.9 Å². The lowest BCUT2D eigenvalue weighted by Crippen LogP contribution is -2.69. The van der Waals surface area contributed by atoms with E-state index in [4.69, 9.17) is 29.7 Å². The topological polar surface area (TPSA) is 177 Å². The quantitative estimate of drug-likeness (QED) is 0.0733. The molecule has 0 unspecified atom stereocenters. The number of nitrogens with one attached hydrogen (secondary N) is 5. The number of hydrogen-bond acceptors (Lipinski definition) is 26. The smallest absolute Gasteiger partial charge is 0.157 e. The summed E-state index contributed by atoms with van der Waals surface area (Å²) in [6, 6.07) is 1.05. The molecule has 27 nitrogen and oxygen atoms in total. The van der Waals surface area contributed by atoms with Crippen molar-refractivity contribution in [3.63, 3.8) is 0 Å². The monoisotopic (exact) mass is 1820 g/mol. The van der Waals surface area contributed by atoms with Crippen LogP contribution in [0.1, 0.15) is 365 Å². The Morgan fingerprint density at radius 3 is 0.792 bits per heavy atom. The third kappa shape index (κ3) is 21.5. The van der Waals surface area contributed by atoms with Gasteiger partial charge in [0.2, 0.25) is 0 Å². The van der Waals surface area contributed by atoms with Crippen LogP contribution in [0.3, 0.4) is 0 Å². The zero-order chi connectivity index (χ0) is 97.4. The fourth-order valence-electron chi connectivity index (χ4n) is 27.7. The first-order chi connectivity index (χ1) is 58.9. The Kier molecular flexibility index (Phi) is 28.2. The third-order valence-corrected chi connectivity index (χ3v) is 37.2. The number of piperidine rings is 9. The summed E-state index contributed by atoms with van der Waals surface area (Å²) < 4.78 is 0. The van der Waals surface area contributed by atoms with Gasteiger partial charge < -0.3 is 24.9 Å². The fraction of sp³-hybridized carbons (Fsp3) is 0.913. The van der Waals surface area contributed by atoms with E-state index in [1.165, 1.54) is 0 Å². The Morgan fingerprint density at radius 2 is 0.523 bits per heavy atom. The van der Waals surface area contributed by atoms with Gasteiger partial charge in [-0.25, -0.2) is 20.5 Å². The number of hydrogen-bond donors (Lipinski definition) is 5. The van der Waals surface area contributed by atoms with Crippen LogP contribution < -0.4 is 27.0 Å². The van der Waals surface area contributed by atoms with Crippen LogP contribution in [0.2, 0.25) is 0 Å². The van der Waals surface area contributed by atoms with Crippen molar-refractivity contribution in [1.29, 1.82) is 0 Å². The Balaban J connectivity index is 1.03. The van der Waals surface area contributed by atoms with E-state index in [1.807, 2.05) is 5.28 Å². The summed E-state index contributed by atoms with van der Waals surface area (Å²) in [4.78, 5) is 62.8. The average Bonchev–Trinajstić information content (AvgIpc) is 0.741. The van der Waals surface area contributed by atoms with Crippen molar-refractivity contribution in [3.05, 3.63) is 35.7 Å². The molecule has 0 radical (unpaired) electrons. The van der Waals surface area contributed by atoms with Crippen molar-refractivity contribution in [2.24, 2.45) is 15.2 Å². The van der Waals surface area contributed by atoms with Crippen LogP contribution in [0.25, 0.3) is 0 Å². The van der Waals surface area contributed by atoms with Gasteiger partial charge in [-0.15, -0.1) is 10.2 Å². The summed E-state index contributed by atoms with van der Waals surface area (Å²) >= 11 is 0. The first kappa shape index (κ1) is 104. The maximum absolute atomic E-state index is 7.62. The molecule has 0 amide bonds. The van der Waals surface area contributed by atoms with Crippen molar-refractivity contribution in [1.82, 2.24) is 107 Å². The molecular weight excluding hydrogens is 1620 g/mol. The van der Waals surface area contributed by atoms with Crippen LogP contribution in [-0.2, 0) is 14.5 Å². The Bertz CT molecular complexity index is 3900. The normalized spacial score (nSPS) is 30.5. The molecule has 0 spiro atoms.